The van der Waals surface area contributed by atoms with Gasteiger partial charge >= 0.3 is 0 Å². The van der Waals surface area contributed by atoms with Gasteiger partial charge in [-0.05, 0) is 56.7 Å². The van der Waals surface area contributed by atoms with Crippen molar-refractivity contribution in [3.8, 4) is 5.75 Å². The van der Waals surface area contributed by atoms with E-state index in [1.165, 1.54) is 11.8 Å². The van der Waals surface area contributed by atoms with E-state index in [9.17, 15) is 4.79 Å². The van der Waals surface area contributed by atoms with Gasteiger partial charge in [0.25, 0.3) is 0 Å². The van der Waals surface area contributed by atoms with Crippen LogP contribution < -0.4 is 4.74 Å². The lowest BCUT2D eigenvalue weighted by Gasteiger charge is -2.21. The van der Waals surface area contributed by atoms with Gasteiger partial charge in [-0.25, -0.2) is 9.97 Å². The van der Waals surface area contributed by atoms with Crippen molar-refractivity contribution in [2.45, 2.75) is 45.3 Å². The van der Waals surface area contributed by atoms with E-state index >= 15 is 0 Å². The lowest BCUT2D eigenvalue weighted by molar-refractivity contribution is -0.131. The van der Waals surface area contributed by atoms with Crippen molar-refractivity contribution < 1.29 is 9.53 Å². The smallest absolute Gasteiger partial charge is 0.223 e. The fourth-order valence-corrected chi connectivity index (χ4v) is 3.34. The van der Waals surface area contributed by atoms with Crippen molar-refractivity contribution in [2.75, 3.05) is 19.9 Å². The molecule has 6 heteroatoms. The van der Waals surface area contributed by atoms with E-state index in [1.807, 2.05) is 56.2 Å². The molecule has 1 heterocycles. The number of hydrogen-bond donors (Lipinski definition) is 0. The van der Waals surface area contributed by atoms with Gasteiger partial charge in [0.05, 0.1) is 7.11 Å². The van der Waals surface area contributed by atoms with Gasteiger partial charge in [-0.15, -0.1) is 0 Å². The average molecular weight is 374 g/mol. The van der Waals surface area contributed by atoms with E-state index in [0.29, 0.717) is 25.9 Å². The molecule has 0 bridgehead atoms. The number of methoxy groups -OCH3 is 1. The number of aromatic nitrogens is 2. The van der Waals surface area contributed by atoms with Crippen LogP contribution in [-0.4, -0.2) is 40.7 Å². The monoisotopic (exact) mass is 373 g/mol. The molecule has 0 radical (unpaired) electrons. The number of hydrogen-bond acceptors (Lipinski definition) is 5. The van der Waals surface area contributed by atoms with Crippen molar-refractivity contribution in [1.82, 2.24) is 14.9 Å². The van der Waals surface area contributed by atoms with Crippen LogP contribution in [0.1, 0.15) is 35.9 Å². The number of carbonyl (C=O) groups is 1. The number of thioether (sulfide) groups is 1. The van der Waals surface area contributed by atoms with Crippen LogP contribution in [0.15, 0.2) is 29.4 Å². The molecule has 0 saturated heterocycles. The molecule has 1 aromatic heterocycles. The van der Waals surface area contributed by atoms with Crippen LogP contribution in [0.2, 0.25) is 0 Å². The summed E-state index contributed by atoms with van der Waals surface area (Å²) in [6.07, 6.45) is 3.10. The maximum Gasteiger partial charge on any atom is 0.223 e. The van der Waals surface area contributed by atoms with Crippen molar-refractivity contribution in [3.63, 3.8) is 0 Å². The van der Waals surface area contributed by atoms with Gasteiger partial charge in [0.2, 0.25) is 5.91 Å². The van der Waals surface area contributed by atoms with E-state index in [0.717, 1.165) is 33.4 Å². The Morgan fingerprint density at radius 1 is 1.15 bits per heavy atom. The molecule has 0 spiro atoms. The van der Waals surface area contributed by atoms with Crippen LogP contribution in [0, 0.1) is 13.8 Å². The Hall–Kier alpha value is -2.08. The van der Waals surface area contributed by atoms with Crippen LogP contribution >= 0.6 is 11.8 Å². The van der Waals surface area contributed by atoms with Crippen molar-refractivity contribution >= 4 is 17.7 Å². The van der Waals surface area contributed by atoms with E-state index in [2.05, 4.69) is 9.97 Å². The molecule has 0 aliphatic rings. The van der Waals surface area contributed by atoms with Gasteiger partial charge in [-0.1, -0.05) is 23.9 Å². The van der Waals surface area contributed by atoms with Crippen molar-refractivity contribution in [3.05, 3.63) is 46.8 Å². The van der Waals surface area contributed by atoms with Gasteiger partial charge in [-0.2, -0.15) is 0 Å². The molecule has 5 nitrogen and oxygen atoms in total. The highest BCUT2D eigenvalue weighted by atomic mass is 32.2. The number of carbonyl (C=O) groups excluding carboxylic acids is 1. The van der Waals surface area contributed by atoms with Crippen LogP contribution in [0.25, 0.3) is 0 Å². The Morgan fingerprint density at radius 2 is 1.77 bits per heavy atom. The van der Waals surface area contributed by atoms with Crippen molar-refractivity contribution in [2.24, 2.45) is 0 Å². The van der Waals surface area contributed by atoms with Crippen LogP contribution in [0.5, 0.6) is 5.75 Å². The van der Waals surface area contributed by atoms with Crippen LogP contribution in [-0.2, 0) is 17.8 Å². The third kappa shape index (κ3) is 5.21. The Balaban J connectivity index is 2.00. The summed E-state index contributed by atoms with van der Waals surface area (Å²) < 4.78 is 5.18. The molecule has 0 saturated carbocycles. The summed E-state index contributed by atoms with van der Waals surface area (Å²) >= 11 is 1.54. The number of nitrogens with zero attached hydrogens (tertiary/aromatic N) is 3. The number of benzene rings is 1. The highest BCUT2D eigenvalue weighted by Gasteiger charge is 2.15. The molecule has 0 N–H and O–H groups in total. The molecule has 1 amide bonds. The SMILES string of the molecule is CCN(Cc1ccc(OC)cc1)C(=O)CCc1c(C)nc(SC)nc1C. The maximum absolute atomic E-state index is 12.7. The zero-order chi connectivity index (χ0) is 19.1. The number of amides is 1. The first-order valence-electron chi connectivity index (χ1n) is 8.77. The fraction of sp³-hybridized carbons (Fsp3) is 0.450. The van der Waals surface area contributed by atoms with Crippen molar-refractivity contribution in [1.29, 1.82) is 0 Å². The summed E-state index contributed by atoms with van der Waals surface area (Å²) in [5, 5.41) is 0.782. The molecular formula is C20H27N3O2S. The largest absolute Gasteiger partial charge is 0.497 e. The van der Waals surface area contributed by atoms with E-state index in [1.54, 1.807) is 7.11 Å². The van der Waals surface area contributed by atoms with Crippen LogP contribution in [0.3, 0.4) is 0 Å². The van der Waals surface area contributed by atoms with E-state index < -0.39 is 0 Å². The number of rotatable bonds is 8. The standard InChI is InChI=1S/C20H27N3O2S/c1-6-23(13-16-7-9-17(25-4)10-8-16)19(24)12-11-18-14(2)21-20(26-5)22-15(18)3/h7-10H,6,11-13H2,1-5H3. The fourth-order valence-electron chi connectivity index (χ4n) is 2.88. The molecule has 26 heavy (non-hydrogen) atoms. The predicted octanol–water partition coefficient (Wildman–Crippen LogP) is 3.81. The first-order valence-corrected chi connectivity index (χ1v) is 9.99. The molecular weight excluding hydrogens is 346 g/mol. The first kappa shape index (κ1) is 20.2. The summed E-state index contributed by atoms with van der Waals surface area (Å²) in [4.78, 5) is 23.5. The number of ether oxygens (including phenoxy) is 1. The van der Waals surface area contributed by atoms with E-state index in [4.69, 9.17) is 4.74 Å². The van der Waals surface area contributed by atoms with Gasteiger partial charge < -0.3 is 9.64 Å². The Kier molecular flexibility index (Phi) is 7.45. The van der Waals surface area contributed by atoms with E-state index in [-0.39, 0.29) is 5.91 Å². The molecule has 0 unspecified atom stereocenters. The lowest BCUT2D eigenvalue weighted by atomic mass is 10.1. The highest BCUT2D eigenvalue weighted by molar-refractivity contribution is 7.98. The zero-order valence-electron chi connectivity index (χ0n) is 16.2. The van der Waals surface area contributed by atoms with Gasteiger partial charge in [-0.3, -0.25) is 4.79 Å². The average Bonchev–Trinajstić information content (AvgIpc) is 2.65. The lowest BCUT2D eigenvalue weighted by Crippen LogP contribution is -2.30. The molecule has 0 atom stereocenters. The minimum absolute atomic E-state index is 0.149. The third-order valence-electron chi connectivity index (χ3n) is 4.44. The Bertz CT molecular complexity index is 724. The Morgan fingerprint density at radius 3 is 2.27 bits per heavy atom. The number of aryl methyl sites for hydroxylation is 2. The first-order chi connectivity index (χ1) is 12.5. The van der Waals surface area contributed by atoms with Gasteiger partial charge in [0.15, 0.2) is 5.16 Å². The second kappa shape index (κ2) is 9.57. The second-order valence-corrected chi connectivity index (χ2v) is 6.89. The topological polar surface area (TPSA) is 55.3 Å². The summed E-state index contributed by atoms with van der Waals surface area (Å²) in [6.45, 7) is 7.28. The zero-order valence-corrected chi connectivity index (χ0v) is 17.0. The molecule has 1 aromatic carbocycles. The molecule has 140 valence electrons. The minimum atomic E-state index is 0.149. The molecule has 2 rings (SSSR count). The predicted molar refractivity (Wildman–Crippen MR) is 106 cm³/mol. The summed E-state index contributed by atoms with van der Waals surface area (Å²) in [7, 11) is 1.65. The second-order valence-electron chi connectivity index (χ2n) is 6.12. The minimum Gasteiger partial charge on any atom is -0.497 e. The van der Waals surface area contributed by atoms with Gasteiger partial charge in [0, 0.05) is 30.9 Å². The summed E-state index contributed by atoms with van der Waals surface area (Å²) in [6, 6.07) is 7.84. The maximum atomic E-state index is 12.7. The Labute approximate surface area is 160 Å². The molecule has 0 fully saturated rings. The quantitative estimate of drug-likeness (QED) is 0.520. The normalized spacial score (nSPS) is 10.7. The molecule has 0 aliphatic heterocycles. The highest BCUT2D eigenvalue weighted by Crippen LogP contribution is 2.18. The van der Waals surface area contributed by atoms with Gasteiger partial charge in [0.1, 0.15) is 5.75 Å². The molecule has 0 aliphatic carbocycles. The third-order valence-corrected chi connectivity index (χ3v) is 4.99. The van der Waals surface area contributed by atoms with Crippen LogP contribution in [0.4, 0.5) is 0 Å². The summed E-state index contributed by atoms with van der Waals surface area (Å²) in [5.41, 5.74) is 4.11. The molecule has 2 aromatic rings. The summed E-state index contributed by atoms with van der Waals surface area (Å²) in [5.74, 6) is 0.971.